The number of aromatic hydroxyl groups is 1. The van der Waals surface area contributed by atoms with Gasteiger partial charge in [0.05, 0.1) is 19.4 Å². The number of carbonyl (C=O) groups is 1. The van der Waals surface area contributed by atoms with Gasteiger partial charge < -0.3 is 20.3 Å². The molecule has 0 saturated heterocycles. The first-order chi connectivity index (χ1) is 9.60. The molecule has 3 N–H and O–H groups in total. The summed E-state index contributed by atoms with van der Waals surface area (Å²) in [6.45, 7) is 1.94. The highest BCUT2D eigenvalue weighted by Gasteiger charge is 2.21. The lowest BCUT2D eigenvalue weighted by Gasteiger charge is -2.10. The first kappa shape index (κ1) is 14.4. The molecule has 0 spiro atoms. The van der Waals surface area contributed by atoms with Gasteiger partial charge in [-0.1, -0.05) is 11.6 Å². The van der Waals surface area contributed by atoms with E-state index in [0.29, 0.717) is 0 Å². The Morgan fingerprint density at radius 2 is 2.35 bits per heavy atom. The van der Waals surface area contributed by atoms with E-state index in [2.05, 4.69) is 15.4 Å². The second kappa shape index (κ2) is 5.93. The fourth-order valence-corrected chi connectivity index (χ4v) is 1.81. The van der Waals surface area contributed by atoms with Crippen LogP contribution in [0, 0.1) is 0 Å². The number of aliphatic hydroxyl groups excluding tert-OH is 1. The number of nitrogens with one attached hydrogen (secondary N) is 1. The monoisotopic (exact) mass is 300 g/mol. The SMILES string of the molecule is CCOC(=O)c1cnn2c(NCCO)c(O)c(Cl)nc12. The zero-order chi connectivity index (χ0) is 14.7. The normalized spacial score (nSPS) is 10.8. The van der Waals surface area contributed by atoms with Gasteiger partial charge in [0.15, 0.2) is 22.4 Å². The molecule has 2 heterocycles. The van der Waals surface area contributed by atoms with Crippen LogP contribution in [0.1, 0.15) is 17.3 Å². The number of hydrogen-bond acceptors (Lipinski definition) is 7. The van der Waals surface area contributed by atoms with Gasteiger partial charge in [0.1, 0.15) is 5.56 Å². The van der Waals surface area contributed by atoms with Crippen molar-refractivity contribution < 1.29 is 19.7 Å². The van der Waals surface area contributed by atoms with E-state index in [9.17, 15) is 9.90 Å². The van der Waals surface area contributed by atoms with Crippen molar-refractivity contribution in [1.29, 1.82) is 0 Å². The highest BCUT2D eigenvalue weighted by molar-refractivity contribution is 6.31. The molecule has 0 unspecified atom stereocenters. The Bertz CT molecular complexity index is 643. The van der Waals surface area contributed by atoms with Gasteiger partial charge in [0, 0.05) is 6.54 Å². The number of ether oxygens (including phenoxy) is 1. The molecule has 20 heavy (non-hydrogen) atoms. The summed E-state index contributed by atoms with van der Waals surface area (Å²) in [5, 5.41) is 25.2. The van der Waals surface area contributed by atoms with Crippen molar-refractivity contribution in [3.63, 3.8) is 0 Å². The fourth-order valence-electron chi connectivity index (χ4n) is 1.64. The molecule has 0 aliphatic rings. The van der Waals surface area contributed by atoms with Gasteiger partial charge in [-0.25, -0.2) is 9.78 Å². The first-order valence-corrected chi connectivity index (χ1v) is 6.26. The Hall–Kier alpha value is -2.06. The molecule has 2 rings (SSSR count). The maximum Gasteiger partial charge on any atom is 0.343 e. The molecule has 0 fully saturated rings. The summed E-state index contributed by atoms with van der Waals surface area (Å²) < 4.78 is 6.11. The van der Waals surface area contributed by atoms with E-state index in [4.69, 9.17) is 21.4 Å². The number of hydrogen-bond donors (Lipinski definition) is 3. The molecular formula is C11H13ClN4O4. The first-order valence-electron chi connectivity index (χ1n) is 5.88. The van der Waals surface area contributed by atoms with Crippen molar-refractivity contribution in [1.82, 2.24) is 14.6 Å². The molecule has 0 aromatic carbocycles. The molecule has 0 aliphatic heterocycles. The average Bonchev–Trinajstić information content (AvgIpc) is 2.83. The molecular weight excluding hydrogens is 288 g/mol. The van der Waals surface area contributed by atoms with Gasteiger partial charge in [-0.2, -0.15) is 9.61 Å². The summed E-state index contributed by atoms with van der Waals surface area (Å²) in [4.78, 5) is 15.7. The lowest BCUT2D eigenvalue weighted by atomic mass is 10.3. The average molecular weight is 301 g/mol. The molecule has 0 saturated carbocycles. The van der Waals surface area contributed by atoms with Crippen LogP contribution in [0.2, 0.25) is 5.15 Å². The Morgan fingerprint density at radius 1 is 1.60 bits per heavy atom. The molecule has 2 aromatic rings. The van der Waals surface area contributed by atoms with Crippen molar-refractivity contribution in [3.8, 4) is 5.75 Å². The number of fused-ring (bicyclic) bond motifs is 1. The molecule has 8 nitrogen and oxygen atoms in total. The Kier molecular flexibility index (Phi) is 4.26. The highest BCUT2D eigenvalue weighted by Crippen LogP contribution is 2.31. The minimum absolute atomic E-state index is 0.140. The molecule has 0 amide bonds. The predicted octanol–water partition coefficient (Wildman–Crippen LogP) is 0.669. The fraction of sp³-hybridized carbons (Fsp3) is 0.364. The van der Waals surface area contributed by atoms with Crippen LogP contribution in [-0.4, -0.2) is 50.5 Å². The molecule has 0 radical (unpaired) electrons. The maximum atomic E-state index is 11.8. The number of esters is 1. The topological polar surface area (TPSA) is 109 Å². The Labute approximate surface area is 118 Å². The second-order valence-electron chi connectivity index (χ2n) is 3.76. The van der Waals surface area contributed by atoms with E-state index >= 15 is 0 Å². The summed E-state index contributed by atoms with van der Waals surface area (Å²) in [5.41, 5.74) is 0.299. The van der Waals surface area contributed by atoms with Crippen molar-refractivity contribution in [2.45, 2.75) is 6.92 Å². The molecule has 0 atom stereocenters. The van der Waals surface area contributed by atoms with Crippen LogP contribution in [0.3, 0.4) is 0 Å². The second-order valence-corrected chi connectivity index (χ2v) is 4.12. The number of halogens is 1. The minimum atomic E-state index is -0.579. The minimum Gasteiger partial charge on any atom is -0.502 e. The van der Waals surface area contributed by atoms with Gasteiger partial charge in [-0.15, -0.1) is 0 Å². The number of rotatable bonds is 5. The van der Waals surface area contributed by atoms with Crippen LogP contribution in [0.25, 0.3) is 5.65 Å². The van der Waals surface area contributed by atoms with Crippen LogP contribution in [0.15, 0.2) is 6.20 Å². The highest BCUT2D eigenvalue weighted by atomic mass is 35.5. The van der Waals surface area contributed by atoms with Crippen molar-refractivity contribution in [3.05, 3.63) is 16.9 Å². The zero-order valence-electron chi connectivity index (χ0n) is 10.6. The summed E-state index contributed by atoms with van der Waals surface area (Å²) in [5.74, 6) is -0.749. The van der Waals surface area contributed by atoms with E-state index in [-0.39, 0.29) is 47.7 Å². The van der Waals surface area contributed by atoms with E-state index in [1.807, 2.05) is 0 Å². The van der Waals surface area contributed by atoms with Gasteiger partial charge >= 0.3 is 5.97 Å². The number of aromatic nitrogens is 3. The standard InChI is InChI=1S/C11H13ClN4O4/c1-2-20-11(19)6-5-14-16-9(6)15-8(12)7(18)10(16)13-3-4-17/h5,13,17-18H,2-4H2,1H3. The number of anilines is 1. The summed E-state index contributed by atoms with van der Waals surface area (Å²) >= 11 is 5.83. The van der Waals surface area contributed by atoms with E-state index in [1.165, 1.54) is 10.7 Å². The third-order valence-electron chi connectivity index (χ3n) is 2.48. The van der Waals surface area contributed by atoms with E-state index in [1.54, 1.807) is 6.92 Å². The van der Waals surface area contributed by atoms with E-state index in [0.717, 1.165) is 0 Å². The largest absolute Gasteiger partial charge is 0.502 e. The number of aliphatic hydroxyl groups is 1. The molecule has 9 heteroatoms. The molecule has 108 valence electrons. The zero-order valence-corrected chi connectivity index (χ0v) is 11.4. The van der Waals surface area contributed by atoms with Gasteiger partial charge in [-0.05, 0) is 6.92 Å². The summed E-state index contributed by atoms with van der Waals surface area (Å²) in [6.07, 6.45) is 1.28. The van der Waals surface area contributed by atoms with E-state index < -0.39 is 5.97 Å². The quantitative estimate of drug-likeness (QED) is 0.550. The maximum absolute atomic E-state index is 11.8. The van der Waals surface area contributed by atoms with Crippen LogP contribution in [-0.2, 0) is 4.74 Å². The third kappa shape index (κ3) is 2.47. The van der Waals surface area contributed by atoms with Crippen molar-refractivity contribution >= 4 is 29.0 Å². The number of carbonyl (C=O) groups excluding carboxylic acids is 1. The Balaban J connectivity index is 2.56. The lowest BCUT2D eigenvalue weighted by Crippen LogP contribution is -2.11. The van der Waals surface area contributed by atoms with Crippen molar-refractivity contribution in [2.24, 2.45) is 0 Å². The van der Waals surface area contributed by atoms with Gasteiger partial charge in [-0.3, -0.25) is 0 Å². The predicted molar refractivity (Wildman–Crippen MR) is 71.2 cm³/mol. The van der Waals surface area contributed by atoms with Crippen LogP contribution in [0.4, 0.5) is 5.82 Å². The molecule has 0 aliphatic carbocycles. The third-order valence-corrected chi connectivity index (χ3v) is 2.74. The molecule has 2 aromatic heterocycles. The van der Waals surface area contributed by atoms with Crippen LogP contribution >= 0.6 is 11.6 Å². The van der Waals surface area contributed by atoms with Crippen LogP contribution in [0.5, 0.6) is 5.75 Å². The Morgan fingerprint density at radius 3 is 3.00 bits per heavy atom. The smallest absolute Gasteiger partial charge is 0.343 e. The number of nitrogens with zero attached hydrogens (tertiary/aromatic N) is 3. The summed E-state index contributed by atoms with van der Waals surface area (Å²) in [6, 6.07) is 0. The van der Waals surface area contributed by atoms with Gasteiger partial charge in [0.25, 0.3) is 0 Å². The summed E-state index contributed by atoms with van der Waals surface area (Å²) in [7, 11) is 0. The lowest BCUT2D eigenvalue weighted by molar-refractivity contribution is 0.0528. The molecule has 0 bridgehead atoms. The van der Waals surface area contributed by atoms with Crippen molar-refractivity contribution in [2.75, 3.05) is 25.1 Å². The van der Waals surface area contributed by atoms with Gasteiger partial charge in [0.2, 0.25) is 0 Å². The van der Waals surface area contributed by atoms with Crippen LogP contribution < -0.4 is 5.32 Å².